The van der Waals surface area contributed by atoms with Gasteiger partial charge < -0.3 is 5.32 Å². The van der Waals surface area contributed by atoms with E-state index in [9.17, 15) is 14.9 Å². The van der Waals surface area contributed by atoms with E-state index in [-0.39, 0.29) is 11.4 Å². The van der Waals surface area contributed by atoms with E-state index < -0.39 is 10.8 Å². The van der Waals surface area contributed by atoms with Crippen LogP contribution in [0.5, 0.6) is 0 Å². The van der Waals surface area contributed by atoms with Gasteiger partial charge in [-0.15, -0.1) is 0 Å². The average Bonchev–Trinajstić information content (AvgIpc) is 3.31. The van der Waals surface area contributed by atoms with E-state index in [2.05, 4.69) is 36.4 Å². The molecule has 0 spiro atoms. The van der Waals surface area contributed by atoms with Crippen molar-refractivity contribution in [3.05, 3.63) is 69.1 Å². The maximum absolute atomic E-state index is 12.6. The number of halogens is 1. The number of nitro benzene ring substituents is 1. The summed E-state index contributed by atoms with van der Waals surface area (Å²) >= 11 is 3.50. The molecule has 0 fully saturated rings. The third kappa shape index (κ3) is 3.59. The van der Waals surface area contributed by atoms with Crippen molar-refractivity contribution in [2.24, 2.45) is 0 Å². The number of anilines is 1. The molecule has 4 rings (SSSR count). The highest BCUT2D eigenvalue weighted by atomic mass is 79.9. The van der Waals surface area contributed by atoms with Gasteiger partial charge in [0.05, 0.1) is 15.1 Å². The largest absolute Gasteiger partial charge is 0.321 e. The van der Waals surface area contributed by atoms with Crippen LogP contribution in [0.4, 0.5) is 11.4 Å². The molecule has 29 heavy (non-hydrogen) atoms. The van der Waals surface area contributed by atoms with Gasteiger partial charge in [0.15, 0.2) is 11.3 Å². The summed E-state index contributed by atoms with van der Waals surface area (Å²) in [7, 11) is 0. The smallest absolute Gasteiger partial charge is 0.276 e. The quantitative estimate of drug-likeness (QED) is 0.362. The van der Waals surface area contributed by atoms with Gasteiger partial charge in [0.25, 0.3) is 11.6 Å². The highest BCUT2D eigenvalue weighted by molar-refractivity contribution is 9.10. The molecule has 3 heterocycles. The Kier molecular flexibility index (Phi) is 4.80. The van der Waals surface area contributed by atoms with E-state index in [0.29, 0.717) is 22.7 Å². The number of aryl methyl sites for hydroxylation is 1. The van der Waals surface area contributed by atoms with Crippen molar-refractivity contribution in [3.63, 3.8) is 0 Å². The lowest BCUT2D eigenvalue weighted by Crippen LogP contribution is -2.12. The molecule has 0 radical (unpaired) electrons. The summed E-state index contributed by atoms with van der Waals surface area (Å²) in [5, 5.41) is 22.3. The number of aromatic nitrogens is 5. The number of rotatable bonds is 5. The van der Waals surface area contributed by atoms with Crippen LogP contribution in [0.3, 0.4) is 0 Å². The number of carbonyl (C=O) groups excluding carboxylic acids is 1. The van der Waals surface area contributed by atoms with Crippen molar-refractivity contribution in [1.29, 1.82) is 0 Å². The van der Waals surface area contributed by atoms with Crippen LogP contribution in [-0.4, -0.2) is 35.2 Å². The van der Waals surface area contributed by atoms with Gasteiger partial charge in [-0.1, -0.05) is 0 Å². The predicted molar refractivity (Wildman–Crippen MR) is 109 cm³/mol. The van der Waals surface area contributed by atoms with E-state index >= 15 is 0 Å². The summed E-state index contributed by atoms with van der Waals surface area (Å²) in [6.07, 6.45) is 3.50. The molecule has 1 N–H and O–H groups in total. The highest BCUT2D eigenvalue weighted by Crippen LogP contribution is 2.27. The molecule has 1 aromatic carbocycles. The third-order valence-corrected chi connectivity index (χ3v) is 4.79. The van der Waals surface area contributed by atoms with Crippen LogP contribution >= 0.6 is 15.9 Å². The number of benzene rings is 1. The number of hydrogen-bond donors (Lipinski definition) is 1. The van der Waals surface area contributed by atoms with Gasteiger partial charge in [-0.3, -0.25) is 19.6 Å². The van der Waals surface area contributed by atoms with Crippen LogP contribution < -0.4 is 5.32 Å². The minimum atomic E-state index is -0.501. The molecule has 0 unspecified atom stereocenters. The lowest BCUT2D eigenvalue weighted by atomic mass is 10.2. The van der Waals surface area contributed by atoms with E-state index in [0.717, 1.165) is 11.0 Å². The van der Waals surface area contributed by atoms with E-state index in [4.69, 9.17) is 0 Å². The summed E-state index contributed by atoms with van der Waals surface area (Å²) in [5.74, 6) is -0.451. The van der Waals surface area contributed by atoms with Gasteiger partial charge in [-0.25, -0.2) is 9.50 Å². The van der Waals surface area contributed by atoms with Crippen molar-refractivity contribution in [1.82, 2.24) is 24.4 Å². The zero-order chi connectivity index (χ0) is 20.5. The molecule has 0 saturated carbocycles. The summed E-state index contributed by atoms with van der Waals surface area (Å²) in [4.78, 5) is 27.1. The normalized spacial score (nSPS) is 11.0. The Morgan fingerprint density at radius 3 is 2.66 bits per heavy atom. The molecule has 0 aliphatic heterocycles. The van der Waals surface area contributed by atoms with Crippen LogP contribution in [0.25, 0.3) is 17.0 Å². The molecule has 11 heteroatoms. The maximum Gasteiger partial charge on any atom is 0.276 e. The minimum Gasteiger partial charge on any atom is -0.321 e. The lowest BCUT2D eigenvalue weighted by Gasteiger charge is -2.03. The zero-order valence-corrected chi connectivity index (χ0v) is 16.7. The number of nitrogens with one attached hydrogen (secondary N) is 1. The van der Waals surface area contributed by atoms with E-state index in [1.165, 1.54) is 24.3 Å². The van der Waals surface area contributed by atoms with E-state index in [1.54, 1.807) is 27.5 Å². The van der Waals surface area contributed by atoms with Crippen LogP contribution in [0.15, 0.2) is 53.3 Å². The molecule has 146 valence electrons. The van der Waals surface area contributed by atoms with Gasteiger partial charge >= 0.3 is 0 Å². The second kappa shape index (κ2) is 7.43. The molecular weight excluding hydrogens is 442 g/mol. The number of fused-ring (bicyclic) bond motifs is 1. The third-order valence-electron chi connectivity index (χ3n) is 4.21. The molecule has 1 amide bonds. The van der Waals surface area contributed by atoms with E-state index in [1.807, 2.05) is 13.1 Å². The lowest BCUT2D eigenvalue weighted by molar-refractivity contribution is -0.384. The SMILES string of the molecule is CCn1cc(Br)c(-c2ccnc3cc(C(=O)Nc4ccc([N+](=O)[O-])cc4)nn23)n1. The first-order valence-electron chi connectivity index (χ1n) is 8.60. The average molecular weight is 456 g/mol. The number of non-ortho nitro benzene ring substituents is 1. The highest BCUT2D eigenvalue weighted by Gasteiger charge is 2.17. The van der Waals surface area contributed by atoms with Crippen LogP contribution in [-0.2, 0) is 6.54 Å². The first kappa shape index (κ1) is 18.7. The standard InChI is InChI=1S/C18H14BrN7O3/c1-2-24-10-13(19)17(23-24)15-7-8-20-16-9-14(22-25(15)16)18(27)21-11-3-5-12(6-4-11)26(28)29/h3-10H,2H2,1H3,(H,21,27). The fourth-order valence-electron chi connectivity index (χ4n) is 2.78. The summed E-state index contributed by atoms with van der Waals surface area (Å²) < 4.78 is 4.15. The van der Waals surface area contributed by atoms with Crippen molar-refractivity contribution >= 4 is 38.9 Å². The minimum absolute atomic E-state index is 0.0540. The maximum atomic E-state index is 12.6. The van der Waals surface area contributed by atoms with Gasteiger partial charge in [0.2, 0.25) is 0 Å². The number of amides is 1. The second-order valence-corrected chi connectivity index (χ2v) is 6.92. The second-order valence-electron chi connectivity index (χ2n) is 6.07. The fraction of sp³-hybridized carbons (Fsp3) is 0.111. The molecule has 10 nitrogen and oxygen atoms in total. The van der Waals surface area contributed by atoms with Crippen LogP contribution in [0, 0.1) is 10.1 Å². The van der Waals surface area contributed by atoms with Crippen molar-refractivity contribution < 1.29 is 9.72 Å². The van der Waals surface area contributed by atoms with Crippen molar-refractivity contribution in [3.8, 4) is 11.4 Å². The Morgan fingerprint density at radius 2 is 2.00 bits per heavy atom. The molecule has 0 bridgehead atoms. The Hall–Kier alpha value is -3.60. The summed E-state index contributed by atoms with van der Waals surface area (Å²) in [6.45, 7) is 2.70. The van der Waals surface area contributed by atoms with Crippen molar-refractivity contribution in [2.75, 3.05) is 5.32 Å². The Labute approximate surface area is 172 Å². The van der Waals surface area contributed by atoms with Gasteiger partial charge in [-0.2, -0.15) is 10.2 Å². The van der Waals surface area contributed by atoms with Gasteiger partial charge in [0.1, 0.15) is 5.69 Å². The molecule has 3 aromatic heterocycles. The van der Waals surface area contributed by atoms with Gasteiger partial charge in [0, 0.05) is 42.8 Å². The number of hydrogen-bond acceptors (Lipinski definition) is 6. The number of carbonyl (C=O) groups is 1. The Balaban J connectivity index is 1.66. The first-order chi connectivity index (χ1) is 14.0. The topological polar surface area (TPSA) is 120 Å². The monoisotopic (exact) mass is 455 g/mol. The van der Waals surface area contributed by atoms with Crippen molar-refractivity contribution in [2.45, 2.75) is 13.5 Å². The zero-order valence-electron chi connectivity index (χ0n) is 15.1. The molecule has 0 atom stereocenters. The van der Waals surface area contributed by atoms with Crippen LogP contribution in [0.2, 0.25) is 0 Å². The molecular formula is C18H14BrN7O3. The molecule has 0 aliphatic carbocycles. The first-order valence-corrected chi connectivity index (χ1v) is 9.39. The molecule has 0 saturated heterocycles. The Bertz CT molecular complexity index is 1230. The Morgan fingerprint density at radius 1 is 1.24 bits per heavy atom. The predicted octanol–water partition coefficient (Wildman–Crippen LogP) is 3.54. The summed E-state index contributed by atoms with van der Waals surface area (Å²) in [6, 6.07) is 8.90. The van der Waals surface area contributed by atoms with Gasteiger partial charge in [-0.05, 0) is 41.1 Å². The fourth-order valence-corrected chi connectivity index (χ4v) is 3.30. The van der Waals surface area contributed by atoms with Crippen LogP contribution in [0.1, 0.15) is 17.4 Å². The molecule has 4 aromatic rings. The molecule has 0 aliphatic rings. The number of nitro groups is 1. The number of nitrogens with zero attached hydrogens (tertiary/aromatic N) is 6. The summed E-state index contributed by atoms with van der Waals surface area (Å²) in [5.41, 5.74) is 2.40.